The summed E-state index contributed by atoms with van der Waals surface area (Å²) in [7, 11) is 3.30. The van der Waals surface area contributed by atoms with Crippen molar-refractivity contribution in [2.24, 2.45) is 29.4 Å². The van der Waals surface area contributed by atoms with Crippen LogP contribution in [-0.4, -0.2) is 69.1 Å². The van der Waals surface area contributed by atoms with Crippen molar-refractivity contribution < 1.29 is 28.9 Å². The second-order valence-electron chi connectivity index (χ2n) is 11.4. The number of ether oxygens (including phenoxy) is 3. The predicted molar refractivity (Wildman–Crippen MR) is 153 cm³/mol. The molecule has 9 heteroatoms. The molecule has 5 atom stereocenters. The Balaban J connectivity index is 2.02. The smallest absolute Gasteiger partial charge is 0.242 e. The van der Waals surface area contributed by atoms with E-state index >= 15 is 0 Å². The van der Waals surface area contributed by atoms with Gasteiger partial charge in [0, 0.05) is 38.6 Å². The lowest BCUT2D eigenvalue weighted by molar-refractivity contribution is -0.133. The van der Waals surface area contributed by atoms with Gasteiger partial charge in [0.15, 0.2) is 11.5 Å². The summed E-state index contributed by atoms with van der Waals surface area (Å²) in [5, 5.41) is 16.8. The predicted octanol–water partition coefficient (Wildman–Crippen LogP) is 3.06. The molecule has 222 valence electrons. The Kier molecular flexibility index (Phi) is 14.0. The van der Waals surface area contributed by atoms with Gasteiger partial charge in [-0.25, -0.2) is 0 Å². The zero-order chi connectivity index (χ0) is 28.9. The molecule has 1 aromatic rings. The Morgan fingerprint density at radius 2 is 1.87 bits per heavy atom. The number of carbonyl (C=O) groups excluding carboxylic acids is 2. The molecule has 2 rings (SSSR count). The highest BCUT2D eigenvalue weighted by atomic mass is 16.5. The van der Waals surface area contributed by atoms with Crippen LogP contribution in [0.2, 0.25) is 0 Å². The fraction of sp³-hybridized carbons (Fsp3) is 0.733. The molecule has 0 bridgehead atoms. The molecular weight excluding hydrogens is 498 g/mol. The number of benzene rings is 1. The maximum absolute atomic E-state index is 13.1. The largest absolute Gasteiger partial charge is 0.493 e. The number of piperidine rings is 1. The van der Waals surface area contributed by atoms with Gasteiger partial charge in [-0.1, -0.05) is 33.8 Å². The first-order valence-electron chi connectivity index (χ1n) is 14.4. The summed E-state index contributed by atoms with van der Waals surface area (Å²) in [6.07, 6.45) is 3.07. The zero-order valence-electron chi connectivity index (χ0n) is 24.7. The van der Waals surface area contributed by atoms with Crippen molar-refractivity contribution in [1.82, 2.24) is 10.6 Å². The van der Waals surface area contributed by atoms with E-state index in [4.69, 9.17) is 19.9 Å². The standard InChI is InChI=1S/C30H51N3O6/c1-19(2)22(15-21-10-11-27(38-6)28(16-21)39-14-8-13-37-5)17-24(31)26(34)18-23(20(3)4)29(35)33-25-9-7-12-32-30(25)36/h10-11,16,19-20,22-26,34H,7-9,12-15,17-18,31H2,1-6H3,(H,32,36)(H,33,35)/t22-,23-,24-,25-,26-/m0/s1. The number of aliphatic hydroxyl groups is 1. The van der Waals surface area contributed by atoms with Crippen LogP contribution in [-0.2, 0) is 20.7 Å². The first-order valence-corrected chi connectivity index (χ1v) is 14.4. The van der Waals surface area contributed by atoms with Gasteiger partial charge in [-0.15, -0.1) is 0 Å². The van der Waals surface area contributed by atoms with Crippen molar-refractivity contribution in [3.05, 3.63) is 23.8 Å². The number of carbonyl (C=O) groups is 2. The van der Waals surface area contributed by atoms with Gasteiger partial charge in [0.05, 0.1) is 19.8 Å². The van der Waals surface area contributed by atoms with Crippen molar-refractivity contribution >= 4 is 11.8 Å². The number of hydrogen-bond donors (Lipinski definition) is 4. The van der Waals surface area contributed by atoms with E-state index < -0.39 is 24.1 Å². The molecule has 5 N–H and O–H groups in total. The minimum atomic E-state index is -0.833. The Morgan fingerprint density at radius 1 is 1.13 bits per heavy atom. The Labute approximate surface area is 234 Å². The summed E-state index contributed by atoms with van der Waals surface area (Å²) in [4.78, 5) is 25.2. The van der Waals surface area contributed by atoms with Gasteiger partial charge >= 0.3 is 0 Å². The van der Waals surface area contributed by atoms with Gasteiger partial charge in [0.1, 0.15) is 6.04 Å². The van der Waals surface area contributed by atoms with Gasteiger partial charge in [-0.2, -0.15) is 0 Å². The number of nitrogens with one attached hydrogen (secondary N) is 2. The lowest BCUT2D eigenvalue weighted by Crippen LogP contribution is -2.52. The average Bonchev–Trinajstić information content (AvgIpc) is 2.90. The lowest BCUT2D eigenvalue weighted by atomic mass is 9.80. The molecule has 1 aromatic carbocycles. The summed E-state index contributed by atoms with van der Waals surface area (Å²) in [5.41, 5.74) is 7.65. The maximum atomic E-state index is 13.1. The highest BCUT2D eigenvalue weighted by Gasteiger charge is 2.32. The monoisotopic (exact) mass is 549 g/mol. The topological polar surface area (TPSA) is 132 Å². The van der Waals surface area contributed by atoms with Crippen LogP contribution in [0.15, 0.2) is 18.2 Å². The number of hydrogen-bond acceptors (Lipinski definition) is 7. The molecule has 0 saturated carbocycles. The van der Waals surface area contributed by atoms with Gasteiger partial charge in [-0.3, -0.25) is 9.59 Å². The van der Waals surface area contributed by atoms with Crippen molar-refractivity contribution in [2.75, 3.05) is 34.0 Å². The molecular formula is C30H51N3O6. The van der Waals surface area contributed by atoms with Crippen LogP contribution in [0.1, 0.15) is 65.4 Å². The van der Waals surface area contributed by atoms with E-state index in [1.54, 1.807) is 14.2 Å². The summed E-state index contributed by atoms with van der Waals surface area (Å²) in [5.74, 6) is 1.18. The average molecular weight is 550 g/mol. The van der Waals surface area contributed by atoms with Gasteiger partial charge in [0.25, 0.3) is 0 Å². The summed E-state index contributed by atoms with van der Waals surface area (Å²) < 4.78 is 16.5. The Morgan fingerprint density at radius 3 is 2.49 bits per heavy atom. The van der Waals surface area contributed by atoms with Crippen LogP contribution < -0.4 is 25.8 Å². The van der Waals surface area contributed by atoms with Crippen LogP contribution >= 0.6 is 0 Å². The first-order chi connectivity index (χ1) is 18.6. The van der Waals surface area contributed by atoms with Gasteiger partial charge in [-0.05, 0) is 67.6 Å². The molecule has 0 unspecified atom stereocenters. The summed E-state index contributed by atoms with van der Waals surface area (Å²) in [6.45, 7) is 10.0. The molecule has 1 saturated heterocycles. The molecule has 1 aliphatic heterocycles. The summed E-state index contributed by atoms with van der Waals surface area (Å²) in [6, 6.07) is 4.99. The third kappa shape index (κ3) is 10.6. The molecule has 0 aliphatic carbocycles. The van der Waals surface area contributed by atoms with Gasteiger partial charge < -0.3 is 35.7 Å². The number of rotatable bonds is 17. The molecule has 2 amide bonds. The highest BCUT2D eigenvalue weighted by Crippen LogP contribution is 2.32. The maximum Gasteiger partial charge on any atom is 0.242 e. The fourth-order valence-corrected chi connectivity index (χ4v) is 5.05. The molecule has 9 nitrogen and oxygen atoms in total. The number of methoxy groups -OCH3 is 2. The van der Waals surface area contributed by atoms with Gasteiger partial charge in [0.2, 0.25) is 11.8 Å². The third-order valence-corrected chi connectivity index (χ3v) is 7.73. The minimum Gasteiger partial charge on any atom is -0.493 e. The van der Waals surface area contributed by atoms with Crippen molar-refractivity contribution in [3.8, 4) is 11.5 Å². The normalized spacial score (nSPS) is 18.8. The van der Waals surface area contributed by atoms with Crippen LogP contribution in [0, 0.1) is 23.7 Å². The molecule has 0 aromatic heterocycles. The second kappa shape index (κ2) is 16.7. The first kappa shape index (κ1) is 32.8. The van der Waals surface area contributed by atoms with Crippen LogP contribution in [0.5, 0.6) is 11.5 Å². The Bertz CT molecular complexity index is 893. The second-order valence-corrected chi connectivity index (χ2v) is 11.4. The Hall–Kier alpha value is -2.36. The van der Waals surface area contributed by atoms with E-state index in [0.29, 0.717) is 50.0 Å². The number of amides is 2. The van der Waals surface area contributed by atoms with Crippen LogP contribution in [0.25, 0.3) is 0 Å². The van der Waals surface area contributed by atoms with E-state index in [-0.39, 0.29) is 30.1 Å². The molecule has 1 aliphatic rings. The van der Waals surface area contributed by atoms with E-state index in [0.717, 1.165) is 24.8 Å². The van der Waals surface area contributed by atoms with E-state index in [1.807, 2.05) is 32.0 Å². The quantitative estimate of drug-likeness (QED) is 0.220. The lowest BCUT2D eigenvalue weighted by Gasteiger charge is -2.31. The highest BCUT2D eigenvalue weighted by molar-refractivity contribution is 5.89. The number of nitrogens with two attached hydrogens (primary N) is 1. The van der Waals surface area contributed by atoms with E-state index in [1.165, 1.54) is 0 Å². The molecule has 1 heterocycles. The third-order valence-electron chi connectivity index (χ3n) is 7.73. The van der Waals surface area contributed by atoms with Crippen molar-refractivity contribution in [3.63, 3.8) is 0 Å². The zero-order valence-corrected chi connectivity index (χ0v) is 24.7. The molecule has 0 radical (unpaired) electrons. The minimum absolute atomic E-state index is 0.000932. The van der Waals surface area contributed by atoms with Crippen LogP contribution in [0.4, 0.5) is 0 Å². The van der Waals surface area contributed by atoms with E-state index in [2.05, 4.69) is 24.5 Å². The van der Waals surface area contributed by atoms with Crippen molar-refractivity contribution in [1.29, 1.82) is 0 Å². The fourth-order valence-electron chi connectivity index (χ4n) is 5.05. The number of aliphatic hydroxyl groups excluding tert-OH is 1. The summed E-state index contributed by atoms with van der Waals surface area (Å²) >= 11 is 0. The van der Waals surface area contributed by atoms with Crippen molar-refractivity contribution in [2.45, 2.75) is 84.4 Å². The van der Waals surface area contributed by atoms with Crippen LogP contribution in [0.3, 0.4) is 0 Å². The molecule has 1 fully saturated rings. The van der Waals surface area contributed by atoms with E-state index in [9.17, 15) is 14.7 Å². The molecule has 0 spiro atoms. The molecule has 39 heavy (non-hydrogen) atoms. The SMILES string of the molecule is COCCCOc1cc(C[C@@H](C[C@H](N)[C@@H](O)C[C@H](C(=O)N[C@H]2CCCNC2=O)C(C)C)C(C)C)ccc1OC.